The van der Waals surface area contributed by atoms with E-state index >= 15 is 0 Å². The van der Waals surface area contributed by atoms with E-state index in [9.17, 15) is 14.4 Å². The zero-order valence-corrected chi connectivity index (χ0v) is 20.7. The van der Waals surface area contributed by atoms with Gasteiger partial charge in [-0.2, -0.15) is 0 Å². The van der Waals surface area contributed by atoms with Gasteiger partial charge in [-0.1, -0.05) is 62.3 Å². The second kappa shape index (κ2) is 11.6. The van der Waals surface area contributed by atoms with Crippen molar-refractivity contribution in [2.45, 2.75) is 88.5 Å². The van der Waals surface area contributed by atoms with Crippen molar-refractivity contribution in [3.8, 4) is 0 Å². The summed E-state index contributed by atoms with van der Waals surface area (Å²) in [6.45, 7) is 21.0. The Hall–Kier alpha value is -1.39. The predicted molar refractivity (Wildman–Crippen MR) is 118 cm³/mol. The molecule has 0 saturated carbocycles. The number of hydrogen-bond acceptors (Lipinski definition) is 3. The van der Waals surface area contributed by atoms with Crippen molar-refractivity contribution >= 4 is 17.6 Å². The number of carbonyl (C=O) groups excluding carboxylic acids is 3. The molecular formula is C23H46N2O3. The maximum Gasteiger partial charge on any atom is 0.227 e. The molecule has 0 bridgehead atoms. The largest absolute Gasteiger partial charge is 0.348 e. The first-order chi connectivity index (χ1) is 12.3. The zero-order chi connectivity index (χ0) is 22.9. The zero-order valence-electron chi connectivity index (χ0n) is 20.7. The number of piperidine rings is 1. The van der Waals surface area contributed by atoms with Gasteiger partial charge in [0.2, 0.25) is 11.8 Å². The average molecular weight is 399 g/mol. The molecule has 5 nitrogen and oxygen atoms in total. The Morgan fingerprint density at radius 2 is 1.04 bits per heavy atom. The lowest BCUT2D eigenvalue weighted by Gasteiger charge is -2.32. The fourth-order valence-corrected chi connectivity index (χ4v) is 2.24. The third-order valence-corrected chi connectivity index (χ3v) is 4.39. The van der Waals surface area contributed by atoms with Crippen molar-refractivity contribution < 1.29 is 14.4 Å². The van der Waals surface area contributed by atoms with Gasteiger partial charge in [-0.25, -0.2) is 0 Å². The molecule has 1 rings (SSSR count). The summed E-state index contributed by atoms with van der Waals surface area (Å²) in [5.41, 5.74) is -0.569. The normalized spacial score (nSPS) is 14.8. The summed E-state index contributed by atoms with van der Waals surface area (Å²) in [6.07, 6.45) is 3.65. The molecule has 0 aromatic carbocycles. The van der Waals surface area contributed by atoms with Crippen LogP contribution in [0.1, 0.15) is 88.5 Å². The minimum Gasteiger partial charge on any atom is -0.348 e. The highest BCUT2D eigenvalue weighted by atomic mass is 16.2. The van der Waals surface area contributed by atoms with Crippen LogP contribution in [0, 0.1) is 16.2 Å². The number of ketones is 1. The van der Waals surface area contributed by atoms with Crippen LogP contribution >= 0.6 is 0 Å². The van der Waals surface area contributed by atoms with E-state index in [1.165, 1.54) is 19.3 Å². The summed E-state index contributed by atoms with van der Waals surface area (Å²) in [7, 11) is 3.54. The highest BCUT2D eigenvalue weighted by Crippen LogP contribution is 2.20. The van der Waals surface area contributed by atoms with Crippen LogP contribution in [0.15, 0.2) is 0 Å². The molecule has 0 unspecified atom stereocenters. The summed E-state index contributed by atoms with van der Waals surface area (Å²) in [5.74, 6) is 0.720. The molecule has 28 heavy (non-hydrogen) atoms. The van der Waals surface area contributed by atoms with Crippen LogP contribution in [0.3, 0.4) is 0 Å². The smallest absolute Gasteiger partial charge is 0.227 e. The van der Waals surface area contributed by atoms with Gasteiger partial charge in [0.05, 0.1) is 0 Å². The SMILES string of the molecule is CC(=O)C(C)(C)C.CC(C)(C)C(=O)N1CCCCC1.CN(C)C(=O)C(C)(C)C. The summed E-state index contributed by atoms with van der Waals surface area (Å²) in [4.78, 5) is 36.9. The van der Waals surface area contributed by atoms with Gasteiger partial charge in [-0.05, 0) is 26.2 Å². The van der Waals surface area contributed by atoms with Crippen LogP contribution in [0.2, 0.25) is 0 Å². The van der Waals surface area contributed by atoms with Crippen molar-refractivity contribution in [1.29, 1.82) is 0 Å². The molecule has 1 heterocycles. The number of likely N-dealkylation sites (tertiary alicyclic amines) is 1. The average Bonchev–Trinajstić information content (AvgIpc) is 2.52. The summed E-state index contributed by atoms with van der Waals surface area (Å²) >= 11 is 0. The van der Waals surface area contributed by atoms with Crippen molar-refractivity contribution in [2.24, 2.45) is 16.2 Å². The molecule has 0 aromatic heterocycles. The maximum absolute atomic E-state index is 11.7. The Bertz CT molecular complexity index is 497. The number of Topliss-reactive ketones (excluding diaryl/α,β-unsaturated/α-hetero) is 1. The van der Waals surface area contributed by atoms with Crippen LogP contribution < -0.4 is 0 Å². The van der Waals surface area contributed by atoms with Gasteiger partial charge in [0.15, 0.2) is 0 Å². The molecular weight excluding hydrogens is 352 g/mol. The van der Waals surface area contributed by atoms with Crippen molar-refractivity contribution in [1.82, 2.24) is 9.80 Å². The fraction of sp³-hybridized carbons (Fsp3) is 0.870. The first-order valence-electron chi connectivity index (χ1n) is 10.3. The topological polar surface area (TPSA) is 57.7 Å². The fourth-order valence-electron chi connectivity index (χ4n) is 2.24. The molecule has 5 heteroatoms. The standard InChI is InChI=1S/C10H19NO.C7H15NO.C6H12O/c1-10(2,3)9(12)11-7-5-4-6-8-11;1-7(2,3)6(9)8(4)5;1-5(7)6(2,3)4/h4-8H2,1-3H3;1-5H3;1-4H3. The number of carbonyl (C=O) groups is 3. The quantitative estimate of drug-likeness (QED) is 0.589. The molecule has 1 aliphatic heterocycles. The Labute approximate surface area is 174 Å². The lowest BCUT2D eigenvalue weighted by Crippen LogP contribution is -2.42. The Morgan fingerprint density at radius 1 is 0.679 bits per heavy atom. The van der Waals surface area contributed by atoms with Crippen molar-refractivity contribution in [2.75, 3.05) is 27.2 Å². The van der Waals surface area contributed by atoms with E-state index in [1.54, 1.807) is 25.9 Å². The molecule has 0 atom stereocenters. The van der Waals surface area contributed by atoms with E-state index in [1.807, 2.05) is 67.2 Å². The van der Waals surface area contributed by atoms with E-state index in [4.69, 9.17) is 0 Å². The monoisotopic (exact) mass is 398 g/mol. The molecule has 1 saturated heterocycles. The van der Waals surface area contributed by atoms with Gasteiger partial charge in [0.1, 0.15) is 5.78 Å². The molecule has 1 aliphatic rings. The molecule has 0 N–H and O–H groups in total. The van der Waals surface area contributed by atoms with Crippen LogP contribution in [0.25, 0.3) is 0 Å². The summed E-state index contributed by atoms with van der Waals surface area (Å²) < 4.78 is 0. The van der Waals surface area contributed by atoms with Gasteiger partial charge in [-0.3, -0.25) is 14.4 Å². The van der Waals surface area contributed by atoms with Gasteiger partial charge in [0.25, 0.3) is 0 Å². The van der Waals surface area contributed by atoms with Crippen LogP contribution in [0.4, 0.5) is 0 Å². The molecule has 1 fully saturated rings. The maximum atomic E-state index is 11.7. The Morgan fingerprint density at radius 3 is 1.21 bits per heavy atom. The lowest BCUT2D eigenvalue weighted by molar-refractivity contribution is -0.140. The highest BCUT2D eigenvalue weighted by molar-refractivity contribution is 5.82. The third kappa shape index (κ3) is 12.9. The first kappa shape index (κ1) is 28.8. The second-order valence-electron chi connectivity index (χ2n) is 10.9. The van der Waals surface area contributed by atoms with Gasteiger partial charge >= 0.3 is 0 Å². The minimum atomic E-state index is -0.233. The first-order valence-corrected chi connectivity index (χ1v) is 10.3. The van der Waals surface area contributed by atoms with Gasteiger partial charge in [-0.15, -0.1) is 0 Å². The molecule has 0 aromatic rings. The van der Waals surface area contributed by atoms with E-state index in [0.29, 0.717) is 5.91 Å². The van der Waals surface area contributed by atoms with E-state index in [0.717, 1.165) is 13.1 Å². The number of nitrogens with zero attached hydrogens (tertiary/aromatic N) is 2. The Kier molecular flexibility index (Phi) is 11.9. The van der Waals surface area contributed by atoms with E-state index in [2.05, 4.69) is 0 Å². The number of rotatable bonds is 0. The van der Waals surface area contributed by atoms with Crippen molar-refractivity contribution in [3.63, 3.8) is 0 Å². The summed E-state index contributed by atoms with van der Waals surface area (Å²) in [6, 6.07) is 0. The highest BCUT2D eigenvalue weighted by Gasteiger charge is 2.27. The van der Waals surface area contributed by atoms with Gasteiger partial charge < -0.3 is 9.80 Å². The molecule has 0 aliphatic carbocycles. The lowest BCUT2D eigenvalue weighted by atomic mass is 9.92. The number of hydrogen-bond donors (Lipinski definition) is 0. The second-order valence-corrected chi connectivity index (χ2v) is 10.9. The Balaban J connectivity index is 0. The number of amides is 2. The third-order valence-electron chi connectivity index (χ3n) is 4.39. The van der Waals surface area contributed by atoms with Gasteiger partial charge in [0, 0.05) is 43.4 Å². The minimum absolute atomic E-state index is 0.139. The van der Waals surface area contributed by atoms with Crippen LogP contribution in [0.5, 0.6) is 0 Å². The molecule has 166 valence electrons. The molecule has 2 amide bonds. The van der Waals surface area contributed by atoms with E-state index in [-0.39, 0.29) is 27.9 Å². The van der Waals surface area contributed by atoms with Crippen molar-refractivity contribution in [3.05, 3.63) is 0 Å². The summed E-state index contributed by atoms with van der Waals surface area (Å²) in [5, 5.41) is 0. The molecule has 0 spiro atoms. The van der Waals surface area contributed by atoms with E-state index < -0.39 is 0 Å². The van der Waals surface area contributed by atoms with Crippen LogP contribution in [-0.4, -0.2) is 54.6 Å². The predicted octanol–water partition coefficient (Wildman–Crippen LogP) is 4.79. The van der Waals surface area contributed by atoms with Crippen LogP contribution in [-0.2, 0) is 14.4 Å². The molecule has 0 radical (unpaired) electrons.